The lowest BCUT2D eigenvalue weighted by Gasteiger charge is -2.11. The maximum atomic E-state index is 11.9. The third kappa shape index (κ3) is 4.82. The van der Waals surface area contributed by atoms with Crippen LogP contribution in [0.2, 0.25) is 5.02 Å². The second-order valence-electron chi connectivity index (χ2n) is 5.09. The number of carbonyl (C=O) groups excluding carboxylic acids is 1. The number of hydrogen-bond donors (Lipinski definition) is 3. The first-order chi connectivity index (χ1) is 12.1. The van der Waals surface area contributed by atoms with Gasteiger partial charge in [-0.15, -0.1) is 0 Å². The Morgan fingerprint density at radius 1 is 0.840 bits per heavy atom. The number of carbonyl (C=O) groups is 1. The molecule has 0 bridgehead atoms. The van der Waals surface area contributed by atoms with Crippen molar-refractivity contribution in [2.24, 2.45) is 0 Å². The SMILES string of the molecule is O=C(Nc1ccc(NC(=S)Nc2ccc(Cl)cc2)cc1)c1ccco1. The Kier molecular flexibility index (Phi) is 5.33. The first-order valence-electron chi connectivity index (χ1n) is 7.39. The van der Waals surface area contributed by atoms with Crippen molar-refractivity contribution in [2.75, 3.05) is 16.0 Å². The number of benzene rings is 2. The van der Waals surface area contributed by atoms with Gasteiger partial charge in [0.1, 0.15) is 0 Å². The Morgan fingerprint density at radius 2 is 1.36 bits per heavy atom. The van der Waals surface area contributed by atoms with Gasteiger partial charge >= 0.3 is 0 Å². The van der Waals surface area contributed by atoms with Gasteiger partial charge in [0.2, 0.25) is 0 Å². The van der Waals surface area contributed by atoms with Gasteiger partial charge in [-0.25, -0.2) is 0 Å². The van der Waals surface area contributed by atoms with Crippen LogP contribution in [0.15, 0.2) is 71.3 Å². The van der Waals surface area contributed by atoms with Crippen LogP contribution < -0.4 is 16.0 Å². The van der Waals surface area contributed by atoms with Gasteiger partial charge in [-0.05, 0) is 72.9 Å². The molecule has 126 valence electrons. The Balaban J connectivity index is 1.56. The highest BCUT2D eigenvalue weighted by atomic mass is 35.5. The van der Waals surface area contributed by atoms with E-state index >= 15 is 0 Å². The van der Waals surface area contributed by atoms with E-state index in [4.69, 9.17) is 28.2 Å². The van der Waals surface area contributed by atoms with Gasteiger partial charge < -0.3 is 20.4 Å². The van der Waals surface area contributed by atoms with Crippen molar-refractivity contribution in [3.05, 3.63) is 77.7 Å². The summed E-state index contributed by atoms with van der Waals surface area (Å²) in [6.07, 6.45) is 1.45. The van der Waals surface area contributed by atoms with Crippen LogP contribution in [0.4, 0.5) is 17.1 Å². The normalized spacial score (nSPS) is 10.1. The van der Waals surface area contributed by atoms with Crippen LogP contribution >= 0.6 is 23.8 Å². The molecule has 0 aliphatic heterocycles. The molecule has 0 spiro atoms. The predicted molar refractivity (Wildman–Crippen MR) is 104 cm³/mol. The Labute approximate surface area is 155 Å². The fourth-order valence-electron chi connectivity index (χ4n) is 2.06. The molecule has 0 saturated heterocycles. The number of nitrogens with one attached hydrogen (secondary N) is 3. The van der Waals surface area contributed by atoms with Gasteiger partial charge in [-0.2, -0.15) is 0 Å². The Morgan fingerprint density at radius 3 is 1.88 bits per heavy atom. The maximum Gasteiger partial charge on any atom is 0.291 e. The van der Waals surface area contributed by atoms with E-state index in [1.165, 1.54) is 6.26 Å². The molecular weight excluding hydrogens is 358 g/mol. The van der Waals surface area contributed by atoms with Crippen LogP contribution in [-0.4, -0.2) is 11.0 Å². The predicted octanol–water partition coefficient (Wildman–Crippen LogP) is 4.99. The number of anilines is 3. The smallest absolute Gasteiger partial charge is 0.291 e. The first-order valence-corrected chi connectivity index (χ1v) is 8.17. The van der Waals surface area contributed by atoms with Crippen LogP contribution in [0.3, 0.4) is 0 Å². The van der Waals surface area contributed by atoms with Crippen molar-refractivity contribution < 1.29 is 9.21 Å². The average Bonchev–Trinajstić information content (AvgIpc) is 3.13. The number of thiocarbonyl (C=S) groups is 1. The minimum absolute atomic E-state index is 0.260. The van der Waals surface area contributed by atoms with Gasteiger partial charge in [-0.3, -0.25) is 4.79 Å². The highest BCUT2D eigenvalue weighted by Crippen LogP contribution is 2.17. The number of halogens is 1. The summed E-state index contributed by atoms with van der Waals surface area (Å²) in [4.78, 5) is 11.9. The van der Waals surface area contributed by atoms with E-state index in [0.29, 0.717) is 15.8 Å². The zero-order valence-corrected chi connectivity index (χ0v) is 14.5. The van der Waals surface area contributed by atoms with E-state index in [-0.39, 0.29) is 11.7 Å². The van der Waals surface area contributed by atoms with E-state index in [1.807, 2.05) is 24.3 Å². The number of amides is 1. The minimum atomic E-state index is -0.300. The second kappa shape index (κ2) is 7.83. The number of furan rings is 1. The summed E-state index contributed by atoms with van der Waals surface area (Å²) in [5.74, 6) is -0.0406. The van der Waals surface area contributed by atoms with Gasteiger partial charge in [-0.1, -0.05) is 11.6 Å². The molecule has 1 heterocycles. The van der Waals surface area contributed by atoms with Crippen molar-refractivity contribution in [1.82, 2.24) is 0 Å². The highest BCUT2D eigenvalue weighted by Gasteiger charge is 2.08. The molecule has 1 aromatic heterocycles. The van der Waals surface area contributed by atoms with Gasteiger partial charge in [0.15, 0.2) is 10.9 Å². The molecular formula is C18H14ClN3O2S. The van der Waals surface area contributed by atoms with E-state index in [1.54, 1.807) is 36.4 Å². The molecule has 1 amide bonds. The highest BCUT2D eigenvalue weighted by molar-refractivity contribution is 7.80. The third-order valence-electron chi connectivity index (χ3n) is 3.25. The molecule has 3 aromatic rings. The van der Waals surface area contributed by atoms with Crippen molar-refractivity contribution in [1.29, 1.82) is 0 Å². The minimum Gasteiger partial charge on any atom is -0.459 e. The van der Waals surface area contributed by atoms with Crippen molar-refractivity contribution in [3.8, 4) is 0 Å². The van der Waals surface area contributed by atoms with Crippen molar-refractivity contribution >= 4 is 51.9 Å². The lowest BCUT2D eigenvalue weighted by atomic mass is 10.2. The van der Waals surface area contributed by atoms with Crippen molar-refractivity contribution in [2.45, 2.75) is 0 Å². The summed E-state index contributed by atoms with van der Waals surface area (Å²) in [7, 11) is 0. The Bertz CT molecular complexity index is 862. The van der Waals surface area contributed by atoms with E-state index < -0.39 is 0 Å². The first kappa shape index (κ1) is 17.0. The second-order valence-corrected chi connectivity index (χ2v) is 5.94. The largest absolute Gasteiger partial charge is 0.459 e. The standard InChI is InChI=1S/C18H14ClN3O2S/c19-12-3-5-14(6-4-12)21-18(25)22-15-9-7-13(8-10-15)20-17(23)16-2-1-11-24-16/h1-11H,(H,20,23)(H2,21,22,25). The summed E-state index contributed by atoms with van der Waals surface area (Å²) in [6.45, 7) is 0. The topological polar surface area (TPSA) is 66.3 Å². The molecule has 7 heteroatoms. The molecule has 0 aliphatic carbocycles. The van der Waals surface area contributed by atoms with Crippen molar-refractivity contribution in [3.63, 3.8) is 0 Å². The molecule has 25 heavy (non-hydrogen) atoms. The summed E-state index contributed by atoms with van der Waals surface area (Å²) < 4.78 is 5.05. The molecule has 0 aliphatic rings. The van der Waals surface area contributed by atoms with Crippen LogP contribution in [-0.2, 0) is 0 Å². The number of rotatable bonds is 4. The molecule has 5 nitrogen and oxygen atoms in total. The molecule has 2 aromatic carbocycles. The third-order valence-corrected chi connectivity index (χ3v) is 3.70. The van der Waals surface area contributed by atoms with Crippen LogP contribution in [0.25, 0.3) is 0 Å². The summed E-state index contributed by atoms with van der Waals surface area (Å²) in [5.41, 5.74) is 2.29. The average molecular weight is 372 g/mol. The van der Waals surface area contributed by atoms with Crippen LogP contribution in [0.5, 0.6) is 0 Å². The molecule has 0 radical (unpaired) electrons. The van der Waals surface area contributed by atoms with E-state index in [9.17, 15) is 4.79 Å². The lowest BCUT2D eigenvalue weighted by Crippen LogP contribution is -2.19. The van der Waals surface area contributed by atoms with Crippen LogP contribution in [0.1, 0.15) is 10.6 Å². The van der Waals surface area contributed by atoms with E-state index in [2.05, 4.69) is 16.0 Å². The monoisotopic (exact) mass is 371 g/mol. The molecule has 0 unspecified atom stereocenters. The fraction of sp³-hybridized carbons (Fsp3) is 0. The zero-order valence-electron chi connectivity index (χ0n) is 13.0. The fourth-order valence-corrected chi connectivity index (χ4v) is 2.43. The van der Waals surface area contributed by atoms with Gasteiger partial charge in [0.25, 0.3) is 5.91 Å². The molecule has 0 saturated carbocycles. The molecule has 0 atom stereocenters. The molecule has 0 fully saturated rings. The maximum absolute atomic E-state index is 11.9. The lowest BCUT2D eigenvalue weighted by molar-refractivity contribution is 0.0996. The summed E-state index contributed by atoms with van der Waals surface area (Å²) in [5, 5.41) is 10.00. The summed E-state index contributed by atoms with van der Waals surface area (Å²) in [6, 6.07) is 17.7. The van der Waals surface area contributed by atoms with Gasteiger partial charge in [0, 0.05) is 22.1 Å². The van der Waals surface area contributed by atoms with E-state index in [0.717, 1.165) is 11.4 Å². The quantitative estimate of drug-likeness (QED) is 0.563. The van der Waals surface area contributed by atoms with Crippen LogP contribution in [0, 0.1) is 0 Å². The number of hydrogen-bond acceptors (Lipinski definition) is 3. The Hall–Kier alpha value is -2.83. The summed E-state index contributed by atoms with van der Waals surface area (Å²) >= 11 is 11.1. The zero-order chi connectivity index (χ0) is 17.6. The molecule has 3 N–H and O–H groups in total. The molecule has 3 rings (SSSR count). The van der Waals surface area contributed by atoms with Gasteiger partial charge in [0.05, 0.1) is 6.26 Å².